The van der Waals surface area contributed by atoms with E-state index in [0.29, 0.717) is 37.9 Å². The zero-order valence-electron chi connectivity index (χ0n) is 19.0. The first kappa shape index (κ1) is 23.8. The van der Waals surface area contributed by atoms with Crippen molar-refractivity contribution in [3.05, 3.63) is 65.2 Å². The molecule has 0 radical (unpaired) electrons. The van der Waals surface area contributed by atoms with Gasteiger partial charge in [-0.25, -0.2) is 9.78 Å². The first-order valence-electron chi connectivity index (χ1n) is 11.4. The SMILES string of the molecule is CCOC(=O)C(Cc1ccccc1)NC(=O)C1(NC(=O)c2ccc3ncsc3c2)CCNCC1. The maximum Gasteiger partial charge on any atom is 0.328 e. The zero-order valence-corrected chi connectivity index (χ0v) is 19.8. The number of carbonyl (C=O) groups excluding carboxylic acids is 3. The molecular formula is C25H28N4O4S. The molecule has 3 aromatic rings. The normalized spacial score (nSPS) is 15.9. The minimum Gasteiger partial charge on any atom is -0.464 e. The highest BCUT2D eigenvalue weighted by atomic mass is 32.1. The maximum atomic E-state index is 13.6. The Balaban J connectivity index is 1.55. The van der Waals surface area contributed by atoms with Gasteiger partial charge in [0.05, 0.1) is 22.3 Å². The van der Waals surface area contributed by atoms with Crippen LogP contribution < -0.4 is 16.0 Å². The second-order valence-corrected chi connectivity index (χ2v) is 9.18. The zero-order chi connectivity index (χ0) is 24.0. The van der Waals surface area contributed by atoms with Crippen LogP contribution in [-0.2, 0) is 20.7 Å². The van der Waals surface area contributed by atoms with Crippen LogP contribution in [0.25, 0.3) is 10.2 Å². The van der Waals surface area contributed by atoms with E-state index in [1.54, 1.807) is 30.6 Å². The van der Waals surface area contributed by atoms with Gasteiger partial charge in [0.2, 0.25) is 5.91 Å². The number of carbonyl (C=O) groups is 3. The van der Waals surface area contributed by atoms with Crippen molar-refractivity contribution in [2.75, 3.05) is 19.7 Å². The highest BCUT2D eigenvalue weighted by Gasteiger charge is 2.42. The van der Waals surface area contributed by atoms with E-state index in [1.165, 1.54) is 11.3 Å². The molecule has 8 nitrogen and oxygen atoms in total. The van der Waals surface area contributed by atoms with Gasteiger partial charge in [-0.3, -0.25) is 9.59 Å². The summed E-state index contributed by atoms with van der Waals surface area (Å²) in [6, 6.07) is 13.9. The monoisotopic (exact) mass is 480 g/mol. The van der Waals surface area contributed by atoms with E-state index in [0.717, 1.165) is 15.8 Å². The van der Waals surface area contributed by atoms with E-state index >= 15 is 0 Å². The van der Waals surface area contributed by atoms with Crippen molar-refractivity contribution >= 4 is 39.3 Å². The van der Waals surface area contributed by atoms with E-state index in [4.69, 9.17) is 4.74 Å². The third-order valence-corrected chi connectivity index (χ3v) is 6.79. The molecule has 1 aliphatic heterocycles. The number of hydrogen-bond donors (Lipinski definition) is 3. The van der Waals surface area contributed by atoms with Gasteiger partial charge in [-0.05, 0) is 56.6 Å². The van der Waals surface area contributed by atoms with Crippen molar-refractivity contribution in [2.24, 2.45) is 0 Å². The molecule has 0 spiro atoms. The van der Waals surface area contributed by atoms with Crippen LogP contribution in [0.2, 0.25) is 0 Å². The van der Waals surface area contributed by atoms with Crippen molar-refractivity contribution in [3.8, 4) is 0 Å². The molecule has 3 N–H and O–H groups in total. The van der Waals surface area contributed by atoms with Crippen molar-refractivity contribution in [2.45, 2.75) is 37.8 Å². The fourth-order valence-electron chi connectivity index (χ4n) is 4.13. The summed E-state index contributed by atoms with van der Waals surface area (Å²) in [5.41, 5.74) is 2.80. The quantitative estimate of drug-likeness (QED) is 0.427. The van der Waals surface area contributed by atoms with Crippen LogP contribution in [0, 0.1) is 0 Å². The summed E-state index contributed by atoms with van der Waals surface area (Å²) in [5, 5.41) is 9.10. The first-order valence-corrected chi connectivity index (χ1v) is 12.3. The molecule has 1 saturated heterocycles. The number of benzene rings is 2. The predicted molar refractivity (Wildman–Crippen MR) is 131 cm³/mol. The van der Waals surface area contributed by atoms with Gasteiger partial charge in [0.15, 0.2) is 0 Å². The minimum atomic E-state index is -1.13. The molecule has 0 bridgehead atoms. The number of fused-ring (bicyclic) bond motifs is 1. The molecule has 1 aromatic heterocycles. The van der Waals surface area contributed by atoms with Crippen molar-refractivity contribution in [3.63, 3.8) is 0 Å². The highest BCUT2D eigenvalue weighted by Crippen LogP contribution is 2.23. The molecule has 0 aliphatic carbocycles. The number of piperidine rings is 1. The molecule has 2 aromatic carbocycles. The first-order chi connectivity index (χ1) is 16.5. The predicted octanol–water partition coefficient (Wildman–Crippen LogP) is 2.44. The third-order valence-electron chi connectivity index (χ3n) is 6.00. The highest BCUT2D eigenvalue weighted by molar-refractivity contribution is 7.16. The number of hydrogen-bond acceptors (Lipinski definition) is 7. The number of esters is 1. The smallest absolute Gasteiger partial charge is 0.328 e. The topological polar surface area (TPSA) is 109 Å². The van der Waals surface area contributed by atoms with E-state index in [1.807, 2.05) is 30.3 Å². The average molecular weight is 481 g/mol. The maximum absolute atomic E-state index is 13.6. The number of aromatic nitrogens is 1. The van der Waals surface area contributed by atoms with E-state index < -0.39 is 17.6 Å². The van der Waals surface area contributed by atoms with Crippen LogP contribution in [0.3, 0.4) is 0 Å². The van der Waals surface area contributed by atoms with Crippen molar-refractivity contribution in [1.82, 2.24) is 20.9 Å². The Morgan fingerprint density at radius 3 is 2.65 bits per heavy atom. The summed E-state index contributed by atoms with van der Waals surface area (Å²) in [5.74, 6) is -1.20. The Morgan fingerprint density at radius 2 is 1.91 bits per heavy atom. The summed E-state index contributed by atoms with van der Waals surface area (Å²) < 4.78 is 6.13. The van der Waals surface area contributed by atoms with Gasteiger partial charge in [0.25, 0.3) is 5.91 Å². The molecule has 1 atom stereocenters. The molecule has 34 heavy (non-hydrogen) atoms. The van der Waals surface area contributed by atoms with Crippen LogP contribution in [0.15, 0.2) is 54.0 Å². The average Bonchev–Trinajstić information content (AvgIpc) is 3.33. The molecule has 1 unspecified atom stereocenters. The lowest BCUT2D eigenvalue weighted by Gasteiger charge is -2.37. The number of nitrogens with zero attached hydrogens (tertiary/aromatic N) is 1. The largest absolute Gasteiger partial charge is 0.464 e. The molecule has 2 heterocycles. The fraction of sp³-hybridized carbons (Fsp3) is 0.360. The van der Waals surface area contributed by atoms with Gasteiger partial charge in [0, 0.05) is 12.0 Å². The van der Waals surface area contributed by atoms with Gasteiger partial charge in [-0.15, -0.1) is 11.3 Å². The van der Waals surface area contributed by atoms with Crippen molar-refractivity contribution in [1.29, 1.82) is 0 Å². The van der Waals surface area contributed by atoms with Crippen LogP contribution in [0.4, 0.5) is 0 Å². The van der Waals surface area contributed by atoms with E-state index in [2.05, 4.69) is 20.9 Å². The van der Waals surface area contributed by atoms with Gasteiger partial charge in [-0.2, -0.15) is 0 Å². The molecule has 9 heteroatoms. The minimum absolute atomic E-state index is 0.214. The molecule has 0 saturated carbocycles. The lowest BCUT2D eigenvalue weighted by atomic mass is 9.86. The Bertz CT molecular complexity index is 1160. The lowest BCUT2D eigenvalue weighted by Crippen LogP contribution is -2.64. The van der Waals surface area contributed by atoms with Gasteiger partial charge in [0.1, 0.15) is 11.6 Å². The fourth-order valence-corrected chi connectivity index (χ4v) is 4.85. The van der Waals surface area contributed by atoms with E-state index in [9.17, 15) is 14.4 Å². The third kappa shape index (κ3) is 5.43. The Kier molecular flexibility index (Phi) is 7.54. The lowest BCUT2D eigenvalue weighted by molar-refractivity contribution is -0.148. The number of rotatable bonds is 8. The summed E-state index contributed by atoms with van der Waals surface area (Å²) >= 11 is 1.46. The van der Waals surface area contributed by atoms with E-state index in [-0.39, 0.29) is 18.4 Å². The molecule has 1 aliphatic rings. The number of nitrogens with one attached hydrogen (secondary N) is 3. The molecular weight excluding hydrogens is 452 g/mol. The van der Waals surface area contributed by atoms with Crippen molar-refractivity contribution < 1.29 is 19.1 Å². The number of amides is 2. The second kappa shape index (κ2) is 10.8. The summed E-state index contributed by atoms with van der Waals surface area (Å²) in [4.78, 5) is 43.7. The summed E-state index contributed by atoms with van der Waals surface area (Å²) in [6.45, 7) is 3.09. The Morgan fingerprint density at radius 1 is 1.15 bits per heavy atom. The Labute approximate surface area is 202 Å². The van der Waals surface area contributed by atoms with Crippen LogP contribution >= 0.6 is 11.3 Å². The standard InChI is InChI=1S/C25H28N4O4S/c1-2-33-23(31)20(14-17-6-4-3-5-7-17)28-24(32)25(10-12-26-13-11-25)29-22(30)18-8-9-19-21(15-18)34-16-27-19/h3-9,15-16,20,26H,2,10-14H2,1H3,(H,28,32)(H,29,30). The molecule has 4 rings (SSSR count). The summed E-state index contributed by atoms with van der Waals surface area (Å²) in [6.07, 6.45) is 1.12. The van der Waals surface area contributed by atoms with Crippen LogP contribution in [-0.4, -0.2) is 54.0 Å². The number of thiazole rings is 1. The van der Waals surface area contributed by atoms with Gasteiger partial charge < -0.3 is 20.7 Å². The molecule has 178 valence electrons. The van der Waals surface area contributed by atoms with Crippen LogP contribution in [0.1, 0.15) is 35.7 Å². The molecule has 2 amide bonds. The second-order valence-electron chi connectivity index (χ2n) is 8.29. The number of ether oxygens (including phenoxy) is 1. The van der Waals surface area contributed by atoms with Gasteiger partial charge >= 0.3 is 5.97 Å². The van der Waals surface area contributed by atoms with Gasteiger partial charge in [-0.1, -0.05) is 30.3 Å². The molecule has 1 fully saturated rings. The summed E-state index contributed by atoms with van der Waals surface area (Å²) in [7, 11) is 0. The Hall–Kier alpha value is -3.30. The van der Waals surface area contributed by atoms with Crippen LogP contribution in [0.5, 0.6) is 0 Å².